The highest BCUT2D eigenvalue weighted by molar-refractivity contribution is 9.10. The van der Waals surface area contributed by atoms with Crippen LogP contribution in [0, 0.1) is 4.64 Å². The Balaban J connectivity index is 2.02. The molecule has 1 unspecified atom stereocenters. The second kappa shape index (κ2) is 4.20. The Morgan fingerprint density at radius 3 is 2.75 bits per heavy atom. The molecule has 0 radical (unpaired) electrons. The van der Waals surface area contributed by atoms with Gasteiger partial charge in [-0.25, -0.2) is 4.98 Å². The summed E-state index contributed by atoms with van der Waals surface area (Å²) >= 11 is 8.83. The van der Waals surface area contributed by atoms with Crippen molar-refractivity contribution in [3.8, 4) is 0 Å². The van der Waals surface area contributed by atoms with Gasteiger partial charge in [0.25, 0.3) is 0 Å². The van der Waals surface area contributed by atoms with E-state index in [4.69, 9.17) is 17.0 Å². The molecule has 1 aliphatic carbocycles. The maximum absolute atomic E-state index is 5.39. The number of nitrogens with zero attached hydrogens (tertiary/aromatic N) is 1. The highest BCUT2D eigenvalue weighted by atomic mass is 79.9. The highest BCUT2D eigenvalue weighted by Gasteiger charge is 2.29. The molecule has 0 spiro atoms. The number of nitrogens with one attached hydrogen (secondary N) is 1. The van der Waals surface area contributed by atoms with E-state index in [1.165, 1.54) is 18.5 Å². The summed E-state index contributed by atoms with van der Waals surface area (Å²) in [5.41, 5.74) is 1.24. The number of hydrogen-bond acceptors (Lipinski definition) is 3. The lowest BCUT2D eigenvalue weighted by molar-refractivity contribution is 0.193. The molecular formula is C11H13BrN2OS. The first-order valence-electron chi connectivity index (χ1n) is 5.63. The smallest absolute Gasteiger partial charge is 0.144 e. The zero-order chi connectivity index (χ0) is 11.1. The molecule has 86 valence electrons. The van der Waals surface area contributed by atoms with Crippen LogP contribution in [-0.4, -0.2) is 23.2 Å². The Hall–Kier alpha value is -0.260. The monoisotopic (exact) mass is 300 g/mol. The zero-order valence-electron chi connectivity index (χ0n) is 8.83. The summed E-state index contributed by atoms with van der Waals surface area (Å²) in [6.45, 7) is 1.60. The van der Waals surface area contributed by atoms with Crippen LogP contribution in [0.1, 0.15) is 42.6 Å². The molecule has 1 aromatic heterocycles. The number of aromatic amines is 1. The Bertz CT molecular complexity index is 464. The summed E-state index contributed by atoms with van der Waals surface area (Å²) in [7, 11) is 0. The molecule has 2 aliphatic rings. The molecule has 1 atom stereocenters. The first kappa shape index (κ1) is 10.9. The molecular weight excluding hydrogens is 288 g/mol. The van der Waals surface area contributed by atoms with Gasteiger partial charge in [-0.1, -0.05) is 12.2 Å². The third kappa shape index (κ3) is 1.96. The van der Waals surface area contributed by atoms with E-state index in [1.54, 1.807) is 0 Å². The van der Waals surface area contributed by atoms with E-state index < -0.39 is 0 Å². The van der Waals surface area contributed by atoms with Gasteiger partial charge in [0.1, 0.15) is 10.5 Å². The molecule has 0 bridgehead atoms. The molecule has 1 aromatic rings. The minimum atomic E-state index is 0.396. The van der Waals surface area contributed by atoms with Crippen LogP contribution in [-0.2, 0) is 4.74 Å². The molecule has 2 fully saturated rings. The minimum Gasteiger partial charge on any atom is -0.381 e. The van der Waals surface area contributed by atoms with E-state index in [2.05, 4.69) is 25.9 Å². The van der Waals surface area contributed by atoms with Crippen LogP contribution >= 0.6 is 28.1 Å². The van der Waals surface area contributed by atoms with Crippen molar-refractivity contribution in [3.05, 3.63) is 20.6 Å². The van der Waals surface area contributed by atoms with Crippen molar-refractivity contribution >= 4 is 28.1 Å². The molecule has 3 rings (SSSR count). The number of hydrogen-bond donors (Lipinski definition) is 1. The molecule has 1 aliphatic heterocycles. The summed E-state index contributed by atoms with van der Waals surface area (Å²) in [5.74, 6) is 2.06. The Morgan fingerprint density at radius 2 is 2.12 bits per heavy atom. The van der Waals surface area contributed by atoms with Crippen molar-refractivity contribution in [2.45, 2.75) is 31.1 Å². The molecule has 1 N–H and O–H groups in total. The van der Waals surface area contributed by atoms with E-state index in [9.17, 15) is 0 Å². The average molecular weight is 301 g/mol. The van der Waals surface area contributed by atoms with Crippen LogP contribution in [0.25, 0.3) is 0 Å². The fourth-order valence-corrected chi connectivity index (χ4v) is 2.81. The van der Waals surface area contributed by atoms with Gasteiger partial charge in [0.2, 0.25) is 0 Å². The summed E-state index contributed by atoms with van der Waals surface area (Å²) in [6.07, 6.45) is 3.56. The molecule has 16 heavy (non-hydrogen) atoms. The standard InChI is InChI=1S/C11H13BrN2OS/c12-8-9(6-1-2-6)13-10(14-11(8)16)7-3-4-15-5-7/h6-7H,1-5H2,(H,13,14,16). The summed E-state index contributed by atoms with van der Waals surface area (Å²) in [5, 5.41) is 0. The van der Waals surface area contributed by atoms with Crippen LogP contribution in [0.2, 0.25) is 0 Å². The lowest BCUT2D eigenvalue weighted by atomic mass is 10.1. The first-order valence-corrected chi connectivity index (χ1v) is 6.83. The number of rotatable bonds is 2. The predicted octanol–water partition coefficient (Wildman–Crippen LogP) is 3.28. The van der Waals surface area contributed by atoms with Crippen molar-refractivity contribution in [1.82, 2.24) is 9.97 Å². The summed E-state index contributed by atoms with van der Waals surface area (Å²) in [4.78, 5) is 7.91. The van der Waals surface area contributed by atoms with E-state index in [1.807, 2.05) is 0 Å². The van der Waals surface area contributed by atoms with Gasteiger partial charge < -0.3 is 9.72 Å². The van der Waals surface area contributed by atoms with Crippen molar-refractivity contribution in [3.63, 3.8) is 0 Å². The van der Waals surface area contributed by atoms with Crippen LogP contribution in [0.5, 0.6) is 0 Å². The maximum Gasteiger partial charge on any atom is 0.144 e. The van der Waals surface area contributed by atoms with Gasteiger partial charge >= 0.3 is 0 Å². The fourth-order valence-electron chi connectivity index (χ4n) is 2.09. The van der Waals surface area contributed by atoms with E-state index in [0.29, 0.717) is 16.5 Å². The second-order valence-electron chi connectivity index (χ2n) is 4.49. The van der Waals surface area contributed by atoms with E-state index in [0.717, 1.165) is 29.9 Å². The number of ether oxygens (including phenoxy) is 1. The largest absolute Gasteiger partial charge is 0.381 e. The molecule has 3 nitrogen and oxygen atoms in total. The zero-order valence-corrected chi connectivity index (χ0v) is 11.2. The topological polar surface area (TPSA) is 37.9 Å². The van der Waals surface area contributed by atoms with Crippen LogP contribution in [0.15, 0.2) is 4.47 Å². The Kier molecular flexibility index (Phi) is 2.85. The van der Waals surface area contributed by atoms with Gasteiger partial charge in [0.05, 0.1) is 11.1 Å². The second-order valence-corrected chi connectivity index (χ2v) is 5.67. The number of halogens is 1. The van der Waals surface area contributed by atoms with Crippen molar-refractivity contribution in [2.75, 3.05) is 13.2 Å². The molecule has 5 heteroatoms. The van der Waals surface area contributed by atoms with E-state index in [-0.39, 0.29) is 0 Å². The predicted molar refractivity (Wildman–Crippen MR) is 67.3 cm³/mol. The van der Waals surface area contributed by atoms with Gasteiger partial charge in [-0.2, -0.15) is 0 Å². The Morgan fingerprint density at radius 1 is 1.31 bits per heavy atom. The van der Waals surface area contributed by atoms with Gasteiger partial charge in [-0.05, 0) is 35.2 Å². The highest BCUT2D eigenvalue weighted by Crippen LogP contribution is 2.42. The molecule has 2 heterocycles. The summed E-state index contributed by atoms with van der Waals surface area (Å²) < 4.78 is 7.05. The van der Waals surface area contributed by atoms with Gasteiger partial charge in [0.15, 0.2) is 0 Å². The summed E-state index contributed by atoms with van der Waals surface area (Å²) in [6, 6.07) is 0. The maximum atomic E-state index is 5.39. The Labute approximate surface area is 108 Å². The number of H-pyrrole nitrogens is 1. The fraction of sp³-hybridized carbons (Fsp3) is 0.636. The average Bonchev–Trinajstić information content (AvgIpc) is 2.96. The molecule has 1 saturated carbocycles. The van der Waals surface area contributed by atoms with Crippen LogP contribution in [0.3, 0.4) is 0 Å². The van der Waals surface area contributed by atoms with Gasteiger partial charge in [-0.3, -0.25) is 0 Å². The third-order valence-corrected chi connectivity index (χ3v) is 4.57. The van der Waals surface area contributed by atoms with Gasteiger partial charge in [-0.15, -0.1) is 0 Å². The molecule has 0 amide bonds. The SMILES string of the molecule is S=c1nc(C2CCOC2)[nH]c(C2CC2)c1Br. The molecule has 0 aromatic carbocycles. The minimum absolute atomic E-state index is 0.396. The van der Waals surface area contributed by atoms with Crippen LogP contribution in [0.4, 0.5) is 0 Å². The lowest BCUT2D eigenvalue weighted by Gasteiger charge is -2.11. The number of aromatic nitrogens is 2. The van der Waals surface area contributed by atoms with E-state index >= 15 is 0 Å². The third-order valence-electron chi connectivity index (χ3n) is 3.21. The lowest BCUT2D eigenvalue weighted by Crippen LogP contribution is -2.07. The van der Waals surface area contributed by atoms with Crippen molar-refractivity contribution in [2.24, 2.45) is 0 Å². The normalized spacial score (nSPS) is 24.9. The first-order chi connectivity index (χ1) is 7.75. The van der Waals surface area contributed by atoms with Crippen LogP contribution < -0.4 is 0 Å². The van der Waals surface area contributed by atoms with Crippen molar-refractivity contribution in [1.29, 1.82) is 0 Å². The van der Waals surface area contributed by atoms with Gasteiger partial charge in [0, 0.05) is 24.1 Å². The van der Waals surface area contributed by atoms with Crippen molar-refractivity contribution < 1.29 is 4.74 Å². The molecule has 1 saturated heterocycles. The quantitative estimate of drug-likeness (QED) is 0.852.